The molecule has 0 unspecified atom stereocenters. The summed E-state index contributed by atoms with van der Waals surface area (Å²) in [4.78, 5) is 4.12. The van der Waals surface area contributed by atoms with Crippen LogP contribution in [0.5, 0.6) is 5.88 Å². The van der Waals surface area contributed by atoms with Gasteiger partial charge in [-0.3, -0.25) is 0 Å². The monoisotopic (exact) mass is 312 g/mol. The first kappa shape index (κ1) is 14.8. The first-order chi connectivity index (χ1) is 9.53. The molecule has 5 nitrogen and oxygen atoms in total. The van der Waals surface area contributed by atoms with E-state index >= 15 is 0 Å². The number of hydrogen-bond donors (Lipinski definition) is 1. The second kappa shape index (κ2) is 6.21. The van der Waals surface area contributed by atoms with Crippen LogP contribution in [-0.2, 0) is 16.6 Å². The molecule has 0 fully saturated rings. The van der Waals surface area contributed by atoms with Crippen molar-refractivity contribution in [3.63, 3.8) is 0 Å². The molecule has 0 amide bonds. The molecule has 0 aliphatic heterocycles. The lowest BCUT2D eigenvalue weighted by Crippen LogP contribution is -2.23. The summed E-state index contributed by atoms with van der Waals surface area (Å²) in [6.07, 6.45) is 1.58. The lowest BCUT2D eigenvalue weighted by molar-refractivity contribution is 0.392. The maximum atomic E-state index is 12.1. The third kappa shape index (κ3) is 3.47. The Morgan fingerprint density at radius 1 is 1.30 bits per heavy atom. The maximum Gasteiger partial charge on any atom is 0.240 e. The highest BCUT2D eigenvalue weighted by Crippen LogP contribution is 2.17. The van der Waals surface area contributed by atoms with Gasteiger partial charge in [-0.25, -0.2) is 18.1 Å². The summed E-state index contributed by atoms with van der Waals surface area (Å²) < 4.78 is 31.8. The van der Waals surface area contributed by atoms with Crippen molar-refractivity contribution in [2.45, 2.75) is 11.4 Å². The molecule has 1 heterocycles. The number of rotatable bonds is 5. The molecule has 0 bridgehead atoms. The van der Waals surface area contributed by atoms with Gasteiger partial charge in [-0.05, 0) is 24.3 Å². The summed E-state index contributed by atoms with van der Waals surface area (Å²) in [5, 5.41) is 0.367. The number of ether oxygens (including phenoxy) is 1. The number of sulfonamides is 1. The second-order valence-corrected chi connectivity index (χ2v) is 6.16. The predicted octanol–water partition coefficient (Wildman–Crippen LogP) is 2.22. The van der Waals surface area contributed by atoms with E-state index in [2.05, 4.69) is 9.71 Å². The molecule has 7 heteroatoms. The third-order valence-corrected chi connectivity index (χ3v) is 4.24. The van der Waals surface area contributed by atoms with Crippen LogP contribution in [0.15, 0.2) is 47.5 Å². The largest absolute Gasteiger partial charge is 0.481 e. The van der Waals surface area contributed by atoms with E-state index in [0.717, 1.165) is 0 Å². The summed E-state index contributed by atoms with van der Waals surface area (Å²) in [6.45, 7) is 0.0891. The number of halogens is 1. The van der Waals surface area contributed by atoms with Gasteiger partial charge < -0.3 is 4.74 Å². The SMILES string of the molecule is COc1ncccc1CNS(=O)(=O)c1cccc(Cl)c1. The van der Waals surface area contributed by atoms with Gasteiger partial charge in [0.2, 0.25) is 15.9 Å². The minimum atomic E-state index is -3.62. The average Bonchev–Trinajstić information content (AvgIpc) is 2.45. The topological polar surface area (TPSA) is 68.3 Å². The van der Waals surface area contributed by atoms with E-state index in [1.807, 2.05) is 0 Å². The highest BCUT2D eigenvalue weighted by atomic mass is 35.5. The van der Waals surface area contributed by atoms with E-state index in [9.17, 15) is 8.42 Å². The van der Waals surface area contributed by atoms with Crippen molar-refractivity contribution >= 4 is 21.6 Å². The van der Waals surface area contributed by atoms with E-state index in [1.165, 1.54) is 19.2 Å². The van der Waals surface area contributed by atoms with Crippen molar-refractivity contribution in [1.29, 1.82) is 0 Å². The van der Waals surface area contributed by atoms with Crippen molar-refractivity contribution in [2.75, 3.05) is 7.11 Å². The fourth-order valence-corrected chi connectivity index (χ4v) is 2.94. The van der Waals surface area contributed by atoms with Gasteiger partial charge in [0.1, 0.15) is 0 Å². The second-order valence-electron chi connectivity index (χ2n) is 3.95. The highest BCUT2D eigenvalue weighted by Gasteiger charge is 2.15. The molecular formula is C13H13ClN2O3S. The van der Waals surface area contributed by atoms with E-state index in [4.69, 9.17) is 16.3 Å². The molecule has 1 aromatic carbocycles. The van der Waals surface area contributed by atoms with Crippen LogP contribution in [0.25, 0.3) is 0 Å². The third-order valence-electron chi connectivity index (χ3n) is 2.60. The van der Waals surface area contributed by atoms with Crippen LogP contribution >= 0.6 is 11.6 Å². The Hall–Kier alpha value is -1.63. The van der Waals surface area contributed by atoms with Gasteiger partial charge in [0.15, 0.2) is 0 Å². The number of nitrogens with zero attached hydrogens (tertiary/aromatic N) is 1. The number of benzene rings is 1. The smallest absolute Gasteiger partial charge is 0.240 e. The van der Waals surface area contributed by atoms with Crippen molar-refractivity contribution in [3.8, 4) is 5.88 Å². The zero-order chi connectivity index (χ0) is 14.6. The lowest BCUT2D eigenvalue weighted by Gasteiger charge is -2.09. The molecule has 0 aliphatic rings. The van der Waals surface area contributed by atoms with Crippen molar-refractivity contribution < 1.29 is 13.2 Å². The van der Waals surface area contributed by atoms with Gasteiger partial charge in [0.25, 0.3) is 0 Å². The summed E-state index contributed by atoms with van der Waals surface area (Å²) in [7, 11) is -2.14. The number of pyridine rings is 1. The number of hydrogen-bond acceptors (Lipinski definition) is 4. The summed E-state index contributed by atoms with van der Waals surface area (Å²) in [5.74, 6) is 0.390. The Kier molecular flexibility index (Phi) is 4.59. The lowest BCUT2D eigenvalue weighted by atomic mass is 10.3. The molecule has 2 rings (SSSR count). The van der Waals surface area contributed by atoms with Crippen LogP contribution < -0.4 is 9.46 Å². The van der Waals surface area contributed by atoms with Gasteiger partial charge in [-0.15, -0.1) is 0 Å². The molecule has 0 atom stereocenters. The van der Waals surface area contributed by atoms with Crippen LogP contribution in [0, 0.1) is 0 Å². The predicted molar refractivity (Wildman–Crippen MR) is 76.3 cm³/mol. The average molecular weight is 313 g/mol. The Bertz CT molecular complexity index is 704. The molecule has 0 saturated carbocycles. The van der Waals surface area contributed by atoms with Crippen LogP contribution in [0.2, 0.25) is 5.02 Å². The number of methoxy groups -OCH3 is 1. The Balaban J connectivity index is 2.17. The first-order valence-corrected chi connectivity index (χ1v) is 7.62. The summed E-state index contributed by atoms with van der Waals surface area (Å²) >= 11 is 5.79. The number of nitrogens with one attached hydrogen (secondary N) is 1. The maximum absolute atomic E-state index is 12.1. The standard InChI is InChI=1S/C13H13ClN2O3S/c1-19-13-10(4-3-7-15-13)9-16-20(17,18)12-6-2-5-11(14)8-12/h2-8,16H,9H2,1H3. The fourth-order valence-electron chi connectivity index (χ4n) is 1.63. The Labute approximate surface area is 122 Å². The Morgan fingerprint density at radius 2 is 2.10 bits per heavy atom. The van der Waals surface area contributed by atoms with Gasteiger partial charge in [0, 0.05) is 23.3 Å². The zero-order valence-electron chi connectivity index (χ0n) is 10.7. The minimum absolute atomic E-state index is 0.0891. The van der Waals surface area contributed by atoms with E-state index < -0.39 is 10.0 Å². The van der Waals surface area contributed by atoms with E-state index in [0.29, 0.717) is 16.5 Å². The van der Waals surface area contributed by atoms with Crippen molar-refractivity contribution in [3.05, 3.63) is 53.2 Å². The quantitative estimate of drug-likeness (QED) is 0.919. The van der Waals surface area contributed by atoms with E-state index in [-0.39, 0.29) is 11.4 Å². The first-order valence-electron chi connectivity index (χ1n) is 5.76. The number of aromatic nitrogens is 1. The molecule has 0 radical (unpaired) electrons. The van der Waals surface area contributed by atoms with Gasteiger partial charge in [-0.2, -0.15) is 0 Å². The zero-order valence-corrected chi connectivity index (χ0v) is 12.3. The van der Waals surface area contributed by atoms with Crippen LogP contribution in [-0.4, -0.2) is 20.5 Å². The van der Waals surface area contributed by atoms with Gasteiger partial charge >= 0.3 is 0 Å². The molecule has 2 aromatic rings. The normalized spacial score (nSPS) is 11.3. The van der Waals surface area contributed by atoms with Crippen molar-refractivity contribution in [1.82, 2.24) is 9.71 Å². The van der Waals surface area contributed by atoms with E-state index in [1.54, 1.807) is 30.5 Å². The molecule has 20 heavy (non-hydrogen) atoms. The molecule has 1 N–H and O–H groups in total. The highest BCUT2D eigenvalue weighted by molar-refractivity contribution is 7.89. The molecule has 0 aliphatic carbocycles. The molecular weight excluding hydrogens is 300 g/mol. The van der Waals surface area contributed by atoms with Crippen molar-refractivity contribution in [2.24, 2.45) is 0 Å². The fraction of sp³-hybridized carbons (Fsp3) is 0.154. The molecule has 0 spiro atoms. The van der Waals surface area contributed by atoms with Gasteiger partial charge in [0.05, 0.1) is 12.0 Å². The molecule has 0 saturated heterocycles. The summed E-state index contributed by atoms with van der Waals surface area (Å²) in [6, 6.07) is 9.53. The van der Waals surface area contributed by atoms with Crippen LogP contribution in [0.4, 0.5) is 0 Å². The molecule has 1 aromatic heterocycles. The van der Waals surface area contributed by atoms with Gasteiger partial charge in [-0.1, -0.05) is 23.7 Å². The Morgan fingerprint density at radius 3 is 2.80 bits per heavy atom. The molecule has 106 valence electrons. The minimum Gasteiger partial charge on any atom is -0.481 e. The van der Waals surface area contributed by atoms with Crippen LogP contribution in [0.3, 0.4) is 0 Å². The van der Waals surface area contributed by atoms with Crippen LogP contribution in [0.1, 0.15) is 5.56 Å². The summed E-state index contributed by atoms with van der Waals surface area (Å²) in [5.41, 5.74) is 0.653.